The first-order valence-corrected chi connectivity index (χ1v) is 4.21. The van der Waals surface area contributed by atoms with Crippen molar-refractivity contribution in [2.75, 3.05) is 13.3 Å². The van der Waals surface area contributed by atoms with Crippen LogP contribution < -0.4 is 4.74 Å². The number of hydrogen-bond acceptors (Lipinski definition) is 2. The van der Waals surface area contributed by atoms with Gasteiger partial charge < -0.3 is 9.84 Å². The Kier molecular flexibility index (Phi) is 3.71. The largest absolute Gasteiger partial charge is 0.491 e. The minimum Gasteiger partial charge on any atom is -0.491 e. The standard InChI is InChI=1S/C10H13FO2/c1-8(12)9-2-4-10(5-3-9)13-7-6-11/h2-5,8,12H,6-7H2,1H3. The van der Waals surface area contributed by atoms with E-state index in [9.17, 15) is 9.50 Å². The van der Waals surface area contributed by atoms with E-state index in [4.69, 9.17) is 4.74 Å². The summed E-state index contributed by atoms with van der Waals surface area (Å²) in [6.45, 7) is 1.28. The maximum atomic E-state index is 11.7. The van der Waals surface area contributed by atoms with E-state index in [2.05, 4.69) is 0 Å². The van der Waals surface area contributed by atoms with E-state index in [0.717, 1.165) is 5.56 Å². The second-order valence-corrected chi connectivity index (χ2v) is 2.78. The third-order valence-electron chi connectivity index (χ3n) is 1.71. The molecule has 1 aromatic carbocycles. The fourth-order valence-corrected chi connectivity index (χ4v) is 0.999. The molecule has 3 heteroatoms. The average Bonchev–Trinajstić information content (AvgIpc) is 2.15. The van der Waals surface area contributed by atoms with Gasteiger partial charge in [0.05, 0.1) is 6.10 Å². The van der Waals surface area contributed by atoms with E-state index in [1.807, 2.05) is 0 Å². The molecule has 0 aliphatic heterocycles. The van der Waals surface area contributed by atoms with Gasteiger partial charge in [-0.15, -0.1) is 0 Å². The lowest BCUT2D eigenvalue weighted by Gasteiger charge is -2.06. The molecule has 1 aromatic rings. The molecule has 0 fully saturated rings. The SMILES string of the molecule is CC(O)c1ccc(OCCF)cc1. The molecular weight excluding hydrogens is 171 g/mol. The Hall–Kier alpha value is -1.09. The van der Waals surface area contributed by atoms with Gasteiger partial charge >= 0.3 is 0 Å². The predicted octanol–water partition coefficient (Wildman–Crippen LogP) is 2.09. The van der Waals surface area contributed by atoms with Crippen LogP contribution >= 0.6 is 0 Å². The molecule has 2 nitrogen and oxygen atoms in total. The Labute approximate surface area is 77.0 Å². The Morgan fingerprint density at radius 3 is 2.46 bits per heavy atom. The summed E-state index contributed by atoms with van der Waals surface area (Å²) in [6.07, 6.45) is -0.477. The number of hydrogen-bond donors (Lipinski definition) is 1. The van der Waals surface area contributed by atoms with Crippen molar-refractivity contribution in [1.29, 1.82) is 0 Å². The van der Waals surface area contributed by atoms with E-state index in [1.165, 1.54) is 0 Å². The van der Waals surface area contributed by atoms with Gasteiger partial charge in [-0.2, -0.15) is 0 Å². The average molecular weight is 184 g/mol. The van der Waals surface area contributed by atoms with Gasteiger partial charge in [0.2, 0.25) is 0 Å². The number of halogens is 1. The van der Waals surface area contributed by atoms with Gasteiger partial charge in [0.15, 0.2) is 0 Å². The monoisotopic (exact) mass is 184 g/mol. The van der Waals surface area contributed by atoms with Gasteiger partial charge in [0.1, 0.15) is 19.0 Å². The summed E-state index contributed by atoms with van der Waals surface area (Å²) in [4.78, 5) is 0. The Bertz CT molecular complexity index is 244. The second-order valence-electron chi connectivity index (χ2n) is 2.78. The van der Waals surface area contributed by atoms with E-state index in [0.29, 0.717) is 5.75 Å². The van der Waals surface area contributed by atoms with Crippen molar-refractivity contribution in [2.24, 2.45) is 0 Å². The number of alkyl halides is 1. The van der Waals surface area contributed by atoms with Crippen molar-refractivity contribution in [2.45, 2.75) is 13.0 Å². The van der Waals surface area contributed by atoms with Crippen LogP contribution in [0.1, 0.15) is 18.6 Å². The normalized spacial score (nSPS) is 12.5. The van der Waals surface area contributed by atoms with Crippen molar-refractivity contribution in [1.82, 2.24) is 0 Å². The van der Waals surface area contributed by atoms with Gasteiger partial charge in [-0.3, -0.25) is 0 Å². The summed E-state index contributed by atoms with van der Waals surface area (Å²) in [5, 5.41) is 9.19. The minimum atomic E-state index is -0.488. The van der Waals surface area contributed by atoms with Crippen LogP contribution in [0.15, 0.2) is 24.3 Å². The van der Waals surface area contributed by atoms with E-state index >= 15 is 0 Å². The first kappa shape index (κ1) is 9.99. The van der Waals surface area contributed by atoms with Crippen LogP contribution in [0, 0.1) is 0 Å². The van der Waals surface area contributed by atoms with Crippen LogP contribution in [0.25, 0.3) is 0 Å². The molecule has 1 rings (SSSR count). The summed E-state index contributed by atoms with van der Waals surface area (Å²) < 4.78 is 16.8. The molecule has 0 amide bonds. The zero-order chi connectivity index (χ0) is 9.68. The molecule has 1 N–H and O–H groups in total. The van der Waals surface area contributed by atoms with Crippen molar-refractivity contribution in [3.63, 3.8) is 0 Å². The number of aliphatic hydroxyl groups is 1. The lowest BCUT2D eigenvalue weighted by Crippen LogP contribution is -1.98. The van der Waals surface area contributed by atoms with Gasteiger partial charge in [0, 0.05) is 0 Å². The van der Waals surface area contributed by atoms with Crippen LogP contribution in [0.2, 0.25) is 0 Å². The van der Waals surface area contributed by atoms with Gasteiger partial charge in [-0.25, -0.2) is 4.39 Å². The highest BCUT2D eigenvalue weighted by molar-refractivity contribution is 5.28. The Morgan fingerprint density at radius 2 is 2.00 bits per heavy atom. The Balaban J connectivity index is 2.59. The number of benzene rings is 1. The first-order valence-electron chi connectivity index (χ1n) is 4.21. The lowest BCUT2D eigenvalue weighted by molar-refractivity contribution is 0.199. The summed E-state index contributed by atoms with van der Waals surface area (Å²) in [6, 6.07) is 6.96. The highest BCUT2D eigenvalue weighted by atomic mass is 19.1. The summed E-state index contributed by atoms with van der Waals surface area (Å²) in [5.74, 6) is 0.627. The zero-order valence-electron chi connectivity index (χ0n) is 7.53. The molecule has 0 spiro atoms. The third kappa shape index (κ3) is 3.03. The molecule has 0 aliphatic rings. The minimum absolute atomic E-state index is 0.0774. The molecule has 0 radical (unpaired) electrons. The highest BCUT2D eigenvalue weighted by Crippen LogP contribution is 2.16. The van der Waals surface area contributed by atoms with E-state index in [1.54, 1.807) is 31.2 Å². The van der Waals surface area contributed by atoms with Crippen LogP contribution in [0.4, 0.5) is 4.39 Å². The lowest BCUT2D eigenvalue weighted by atomic mass is 10.1. The van der Waals surface area contributed by atoms with Gasteiger partial charge in [0.25, 0.3) is 0 Å². The van der Waals surface area contributed by atoms with Crippen LogP contribution in [-0.2, 0) is 0 Å². The second kappa shape index (κ2) is 4.82. The van der Waals surface area contributed by atoms with Crippen LogP contribution in [0.5, 0.6) is 5.75 Å². The number of rotatable bonds is 4. The molecule has 0 aromatic heterocycles. The molecule has 1 atom stereocenters. The molecule has 0 heterocycles. The maximum absolute atomic E-state index is 11.7. The summed E-state index contributed by atoms with van der Waals surface area (Å²) >= 11 is 0. The molecule has 1 unspecified atom stereocenters. The first-order chi connectivity index (χ1) is 6.24. The van der Waals surface area contributed by atoms with Gasteiger partial charge in [-0.05, 0) is 24.6 Å². The van der Waals surface area contributed by atoms with Crippen molar-refractivity contribution < 1.29 is 14.2 Å². The molecule has 72 valence electrons. The quantitative estimate of drug-likeness (QED) is 0.776. The fraction of sp³-hybridized carbons (Fsp3) is 0.400. The molecular formula is C10H13FO2. The summed E-state index contributed by atoms with van der Waals surface area (Å²) in [5.41, 5.74) is 0.826. The highest BCUT2D eigenvalue weighted by Gasteiger charge is 1.99. The summed E-state index contributed by atoms with van der Waals surface area (Å²) in [7, 11) is 0. The zero-order valence-corrected chi connectivity index (χ0v) is 7.53. The topological polar surface area (TPSA) is 29.5 Å². The molecule has 0 aliphatic carbocycles. The van der Waals surface area contributed by atoms with E-state index < -0.39 is 12.8 Å². The predicted molar refractivity (Wildman–Crippen MR) is 48.5 cm³/mol. The number of ether oxygens (including phenoxy) is 1. The molecule has 13 heavy (non-hydrogen) atoms. The van der Waals surface area contributed by atoms with Crippen molar-refractivity contribution in [3.05, 3.63) is 29.8 Å². The van der Waals surface area contributed by atoms with Crippen molar-refractivity contribution >= 4 is 0 Å². The smallest absolute Gasteiger partial charge is 0.123 e. The Morgan fingerprint density at radius 1 is 1.38 bits per heavy atom. The molecule has 0 saturated heterocycles. The fourth-order valence-electron chi connectivity index (χ4n) is 0.999. The molecule has 0 bridgehead atoms. The van der Waals surface area contributed by atoms with Crippen LogP contribution in [-0.4, -0.2) is 18.4 Å². The maximum Gasteiger partial charge on any atom is 0.123 e. The van der Waals surface area contributed by atoms with E-state index in [-0.39, 0.29) is 6.61 Å². The number of aliphatic hydroxyl groups excluding tert-OH is 1. The van der Waals surface area contributed by atoms with Crippen molar-refractivity contribution in [3.8, 4) is 5.75 Å². The molecule has 0 saturated carbocycles. The van der Waals surface area contributed by atoms with Gasteiger partial charge in [-0.1, -0.05) is 12.1 Å². The third-order valence-corrected chi connectivity index (χ3v) is 1.71. The van der Waals surface area contributed by atoms with Crippen LogP contribution in [0.3, 0.4) is 0 Å².